The molecule has 0 fully saturated rings. The Kier molecular flexibility index (Phi) is 5.87. The number of hydrazine groups is 1. The van der Waals surface area contributed by atoms with E-state index in [0.717, 1.165) is 22.9 Å². The summed E-state index contributed by atoms with van der Waals surface area (Å²) in [6.45, 7) is 3.66. The Morgan fingerprint density at radius 2 is 1.81 bits per heavy atom. The number of benzene rings is 2. The first-order valence-corrected chi connectivity index (χ1v) is 9.13. The topological polar surface area (TPSA) is 97.1 Å². The van der Waals surface area contributed by atoms with Gasteiger partial charge in [-0.15, -0.1) is 10.2 Å². The predicted molar refractivity (Wildman–Crippen MR) is 102 cm³/mol. The number of amides is 2. The zero-order valence-electron chi connectivity index (χ0n) is 14.8. The summed E-state index contributed by atoms with van der Waals surface area (Å²) in [6, 6.07) is 16.3. The molecule has 2 aromatic carbocycles. The standard InChI is InChI=1S/C19H18N4O3S/c1-12-7-6-10-15(11-12)18-22-23-19(26-18)27-13(2)16(24)20-21-17(25)14-8-4-3-5-9-14/h3-11,13H,1-2H3,(H,20,24)(H,21,25)/t13-/m0/s1. The number of nitrogens with zero attached hydrogens (tertiary/aromatic N) is 2. The van der Waals surface area contributed by atoms with Crippen LogP contribution in [0.25, 0.3) is 11.5 Å². The van der Waals surface area contributed by atoms with Crippen LogP contribution in [-0.2, 0) is 4.79 Å². The van der Waals surface area contributed by atoms with Crippen molar-refractivity contribution >= 4 is 23.6 Å². The molecule has 0 radical (unpaired) electrons. The van der Waals surface area contributed by atoms with E-state index in [1.54, 1.807) is 31.2 Å². The number of thioether (sulfide) groups is 1. The van der Waals surface area contributed by atoms with E-state index in [1.807, 2.05) is 37.3 Å². The zero-order chi connectivity index (χ0) is 19.2. The lowest BCUT2D eigenvalue weighted by molar-refractivity contribution is -0.121. The van der Waals surface area contributed by atoms with Gasteiger partial charge in [0.15, 0.2) is 0 Å². The van der Waals surface area contributed by atoms with Crippen LogP contribution < -0.4 is 10.9 Å². The Balaban J connectivity index is 1.55. The molecule has 0 aliphatic heterocycles. The summed E-state index contributed by atoms with van der Waals surface area (Å²) in [5, 5.41) is 7.73. The quantitative estimate of drug-likeness (QED) is 0.520. The molecule has 0 aliphatic carbocycles. The maximum absolute atomic E-state index is 12.2. The maximum Gasteiger partial charge on any atom is 0.277 e. The van der Waals surface area contributed by atoms with Crippen LogP contribution in [0.15, 0.2) is 64.2 Å². The summed E-state index contributed by atoms with van der Waals surface area (Å²) in [7, 11) is 0. The average molecular weight is 382 g/mol. The second kappa shape index (κ2) is 8.50. The number of rotatable bonds is 5. The van der Waals surface area contributed by atoms with Gasteiger partial charge < -0.3 is 4.42 Å². The van der Waals surface area contributed by atoms with E-state index in [9.17, 15) is 9.59 Å². The lowest BCUT2D eigenvalue weighted by atomic mass is 10.1. The second-order valence-electron chi connectivity index (χ2n) is 5.81. The fourth-order valence-electron chi connectivity index (χ4n) is 2.24. The van der Waals surface area contributed by atoms with Gasteiger partial charge in [-0.25, -0.2) is 0 Å². The first-order chi connectivity index (χ1) is 13.0. The molecule has 0 bridgehead atoms. The third-order valence-electron chi connectivity index (χ3n) is 3.65. The highest BCUT2D eigenvalue weighted by Gasteiger charge is 2.19. The number of aromatic nitrogens is 2. The highest BCUT2D eigenvalue weighted by molar-refractivity contribution is 8.00. The van der Waals surface area contributed by atoms with Crippen molar-refractivity contribution in [2.45, 2.75) is 24.3 Å². The van der Waals surface area contributed by atoms with Crippen molar-refractivity contribution in [2.75, 3.05) is 0 Å². The fraction of sp³-hybridized carbons (Fsp3) is 0.158. The summed E-state index contributed by atoms with van der Waals surface area (Å²) in [6.07, 6.45) is 0. The highest BCUT2D eigenvalue weighted by atomic mass is 32.2. The van der Waals surface area contributed by atoms with Gasteiger partial charge in [0.05, 0.1) is 5.25 Å². The van der Waals surface area contributed by atoms with Gasteiger partial charge in [0, 0.05) is 11.1 Å². The van der Waals surface area contributed by atoms with Crippen molar-refractivity contribution in [2.24, 2.45) is 0 Å². The first-order valence-electron chi connectivity index (χ1n) is 8.25. The second-order valence-corrected chi connectivity index (χ2v) is 7.10. The molecule has 0 unspecified atom stereocenters. The molecule has 0 spiro atoms. The summed E-state index contributed by atoms with van der Waals surface area (Å²) < 4.78 is 5.61. The summed E-state index contributed by atoms with van der Waals surface area (Å²) >= 11 is 1.12. The number of hydrogen-bond acceptors (Lipinski definition) is 6. The van der Waals surface area contributed by atoms with E-state index >= 15 is 0 Å². The Hall–Kier alpha value is -3.13. The summed E-state index contributed by atoms with van der Waals surface area (Å²) in [4.78, 5) is 24.1. The lowest BCUT2D eigenvalue weighted by Gasteiger charge is -2.10. The molecule has 138 valence electrons. The Morgan fingerprint density at radius 3 is 2.56 bits per heavy atom. The monoisotopic (exact) mass is 382 g/mol. The molecule has 3 aromatic rings. The third-order valence-corrected chi connectivity index (χ3v) is 4.59. The highest BCUT2D eigenvalue weighted by Crippen LogP contribution is 2.26. The van der Waals surface area contributed by atoms with Crippen molar-refractivity contribution in [3.63, 3.8) is 0 Å². The normalized spacial score (nSPS) is 11.6. The van der Waals surface area contributed by atoms with E-state index in [2.05, 4.69) is 21.0 Å². The molecular formula is C19H18N4O3S. The number of carbonyl (C=O) groups excluding carboxylic acids is 2. The zero-order valence-corrected chi connectivity index (χ0v) is 15.6. The number of aryl methyl sites for hydroxylation is 1. The Morgan fingerprint density at radius 1 is 1.04 bits per heavy atom. The molecule has 0 saturated carbocycles. The van der Waals surface area contributed by atoms with E-state index in [-0.39, 0.29) is 17.0 Å². The van der Waals surface area contributed by atoms with E-state index in [0.29, 0.717) is 11.5 Å². The van der Waals surface area contributed by atoms with Gasteiger partial charge in [0.2, 0.25) is 5.89 Å². The molecule has 3 rings (SSSR count). The van der Waals surface area contributed by atoms with Gasteiger partial charge in [0.25, 0.3) is 17.0 Å². The Bertz CT molecular complexity index is 943. The van der Waals surface area contributed by atoms with Gasteiger partial charge in [-0.1, -0.05) is 47.7 Å². The van der Waals surface area contributed by atoms with Gasteiger partial charge in [0.1, 0.15) is 0 Å². The molecule has 2 amide bonds. The van der Waals surface area contributed by atoms with Crippen molar-refractivity contribution in [1.29, 1.82) is 0 Å². The molecule has 1 atom stereocenters. The SMILES string of the molecule is Cc1cccc(-c2nnc(S[C@@H](C)C(=O)NNC(=O)c3ccccc3)o2)c1. The molecule has 0 aliphatic rings. The molecule has 1 aromatic heterocycles. The van der Waals surface area contributed by atoms with Crippen LogP contribution >= 0.6 is 11.8 Å². The van der Waals surface area contributed by atoms with Crippen LogP contribution in [-0.4, -0.2) is 27.3 Å². The van der Waals surface area contributed by atoms with Crippen molar-refractivity contribution < 1.29 is 14.0 Å². The van der Waals surface area contributed by atoms with Crippen LogP contribution in [0.5, 0.6) is 0 Å². The minimum Gasteiger partial charge on any atom is -0.411 e. The molecule has 7 nitrogen and oxygen atoms in total. The smallest absolute Gasteiger partial charge is 0.277 e. The van der Waals surface area contributed by atoms with Gasteiger partial charge >= 0.3 is 0 Å². The largest absolute Gasteiger partial charge is 0.411 e. The van der Waals surface area contributed by atoms with E-state index in [4.69, 9.17) is 4.42 Å². The van der Waals surface area contributed by atoms with Crippen LogP contribution in [0.4, 0.5) is 0 Å². The van der Waals surface area contributed by atoms with Crippen molar-refractivity contribution in [1.82, 2.24) is 21.0 Å². The summed E-state index contributed by atoms with van der Waals surface area (Å²) in [5.74, 6) is -0.369. The molecule has 1 heterocycles. The predicted octanol–water partition coefficient (Wildman–Crippen LogP) is 2.99. The minimum absolute atomic E-state index is 0.281. The lowest BCUT2D eigenvalue weighted by Crippen LogP contribution is -2.44. The molecular weight excluding hydrogens is 364 g/mol. The minimum atomic E-state index is -0.535. The maximum atomic E-state index is 12.2. The first kappa shape index (κ1) is 18.7. The van der Waals surface area contributed by atoms with Crippen LogP contribution in [0.2, 0.25) is 0 Å². The van der Waals surface area contributed by atoms with E-state index in [1.165, 1.54) is 0 Å². The summed E-state index contributed by atoms with van der Waals surface area (Å²) in [5.41, 5.74) is 7.14. The molecule has 0 saturated heterocycles. The number of hydrogen-bond donors (Lipinski definition) is 2. The third kappa shape index (κ3) is 4.95. The van der Waals surface area contributed by atoms with Crippen molar-refractivity contribution in [3.05, 3.63) is 65.7 Å². The van der Waals surface area contributed by atoms with Gasteiger partial charge in [-0.05, 0) is 38.1 Å². The van der Waals surface area contributed by atoms with Crippen molar-refractivity contribution in [3.8, 4) is 11.5 Å². The van der Waals surface area contributed by atoms with Crippen LogP contribution in [0.3, 0.4) is 0 Å². The van der Waals surface area contributed by atoms with Gasteiger partial charge in [-0.2, -0.15) is 0 Å². The number of carbonyl (C=O) groups is 2. The van der Waals surface area contributed by atoms with E-state index < -0.39 is 5.25 Å². The van der Waals surface area contributed by atoms with Crippen LogP contribution in [0, 0.1) is 6.92 Å². The Labute approximate surface area is 160 Å². The molecule has 27 heavy (non-hydrogen) atoms. The number of nitrogens with one attached hydrogen (secondary N) is 2. The fourth-order valence-corrected chi connectivity index (χ4v) is 2.92. The molecule has 2 N–H and O–H groups in total. The van der Waals surface area contributed by atoms with Crippen LogP contribution in [0.1, 0.15) is 22.8 Å². The van der Waals surface area contributed by atoms with Gasteiger partial charge in [-0.3, -0.25) is 20.4 Å². The average Bonchev–Trinajstić information content (AvgIpc) is 3.15. The molecule has 8 heteroatoms.